The van der Waals surface area contributed by atoms with Gasteiger partial charge in [-0.1, -0.05) is 0 Å². The van der Waals surface area contributed by atoms with Crippen LogP contribution in [0.4, 0.5) is 0 Å². The SMILES string of the molecule is CCOC(=O)CCCNCCN. The van der Waals surface area contributed by atoms with Gasteiger partial charge in [0.1, 0.15) is 0 Å². The quantitative estimate of drug-likeness (QED) is 0.417. The van der Waals surface area contributed by atoms with E-state index in [0.717, 1.165) is 19.5 Å². The summed E-state index contributed by atoms with van der Waals surface area (Å²) in [6.45, 7) is 4.55. The van der Waals surface area contributed by atoms with Gasteiger partial charge in [-0.2, -0.15) is 0 Å². The highest BCUT2D eigenvalue weighted by Gasteiger charge is 1.99. The number of rotatable bonds is 7. The Labute approximate surface area is 73.5 Å². The van der Waals surface area contributed by atoms with Gasteiger partial charge in [-0.15, -0.1) is 0 Å². The normalized spacial score (nSPS) is 9.83. The van der Waals surface area contributed by atoms with E-state index in [1.165, 1.54) is 0 Å². The third-order valence-corrected chi connectivity index (χ3v) is 1.36. The van der Waals surface area contributed by atoms with Crippen molar-refractivity contribution in [3.63, 3.8) is 0 Å². The molecule has 0 fully saturated rings. The summed E-state index contributed by atoms with van der Waals surface area (Å²) in [5.74, 6) is -0.118. The number of hydrogen-bond acceptors (Lipinski definition) is 4. The molecule has 4 nitrogen and oxygen atoms in total. The fourth-order valence-corrected chi connectivity index (χ4v) is 0.818. The zero-order valence-electron chi connectivity index (χ0n) is 7.64. The van der Waals surface area contributed by atoms with Crippen molar-refractivity contribution in [2.45, 2.75) is 19.8 Å². The number of carbonyl (C=O) groups excluding carboxylic acids is 1. The summed E-state index contributed by atoms with van der Waals surface area (Å²) in [5, 5.41) is 3.10. The first-order valence-electron chi connectivity index (χ1n) is 4.37. The maximum atomic E-state index is 10.8. The van der Waals surface area contributed by atoms with Crippen LogP contribution in [-0.4, -0.2) is 32.2 Å². The number of esters is 1. The molecule has 0 atom stereocenters. The number of ether oxygens (including phenoxy) is 1. The van der Waals surface area contributed by atoms with Crippen molar-refractivity contribution in [1.29, 1.82) is 0 Å². The first-order valence-corrected chi connectivity index (χ1v) is 4.37. The van der Waals surface area contributed by atoms with E-state index >= 15 is 0 Å². The summed E-state index contributed by atoms with van der Waals surface area (Å²) in [4.78, 5) is 10.8. The van der Waals surface area contributed by atoms with E-state index in [0.29, 0.717) is 19.6 Å². The highest BCUT2D eigenvalue weighted by Crippen LogP contribution is 1.90. The number of hydrogen-bond donors (Lipinski definition) is 2. The molecule has 72 valence electrons. The zero-order valence-corrected chi connectivity index (χ0v) is 7.64. The second-order valence-corrected chi connectivity index (χ2v) is 2.45. The molecule has 0 saturated heterocycles. The molecule has 0 aliphatic rings. The number of nitrogens with two attached hydrogens (primary N) is 1. The van der Waals surface area contributed by atoms with E-state index in [9.17, 15) is 4.79 Å². The average molecular weight is 174 g/mol. The van der Waals surface area contributed by atoms with Gasteiger partial charge in [0, 0.05) is 19.5 Å². The highest BCUT2D eigenvalue weighted by molar-refractivity contribution is 5.69. The lowest BCUT2D eigenvalue weighted by Crippen LogP contribution is -2.23. The van der Waals surface area contributed by atoms with Crippen LogP contribution >= 0.6 is 0 Å². The predicted molar refractivity (Wildman–Crippen MR) is 47.8 cm³/mol. The van der Waals surface area contributed by atoms with E-state index in [4.69, 9.17) is 10.5 Å². The molecule has 0 aromatic heterocycles. The Morgan fingerprint density at radius 2 is 2.25 bits per heavy atom. The van der Waals surface area contributed by atoms with Crippen molar-refractivity contribution in [3.8, 4) is 0 Å². The summed E-state index contributed by atoms with van der Waals surface area (Å²) in [7, 11) is 0. The standard InChI is InChI=1S/C8H18N2O2/c1-2-12-8(11)4-3-6-10-7-5-9/h10H,2-7,9H2,1H3. The Bertz CT molecular complexity index is 118. The molecule has 0 spiro atoms. The Kier molecular flexibility index (Phi) is 8.05. The lowest BCUT2D eigenvalue weighted by atomic mass is 10.3. The molecule has 4 heteroatoms. The van der Waals surface area contributed by atoms with Gasteiger partial charge in [-0.25, -0.2) is 0 Å². The van der Waals surface area contributed by atoms with E-state index in [1.54, 1.807) is 0 Å². The van der Waals surface area contributed by atoms with Gasteiger partial charge in [0.2, 0.25) is 0 Å². The second kappa shape index (κ2) is 8.49. The number of carbonyl (C=O) groups is 1. The molecule has 0 rings (SSSR count). The molecular weight excluding hydrogens is 156 g/mol. The van der Waals surface area contributed by atoms with Gasteiger partial charge in [0.25, 0.3) is 0 Å². The van der Waals surface area contributed by atoms with Gasteiger partial charge in [0.05, 0.1) is 6.61 Å². The molecule has 0 unspecified atom stereocenters. The summed E-state index contributed by atoms with van der Waals surface area (Å²) in [6, 6.07) is 0. The van der Waals surface area contributed by atoms with Gasteiger partial charge in [0.15, 0.2) is 0 Å². The van der Waals surface area contributed by atoms with Crippen molar-refractivity contribution < 1.29 is 9.53 Å². The van der Waals surface area contributed by atoms with Gasteiger partial charge >= 0.3 is 5.97 Å². The zero-order chi connectivity index (χ0) is 9.23. The van der Waals surface area contributed by atoms with E-state index < -0.39 is 0 Å². The van der Waals surface area contributed by atoms with Crippen LogP contribution in [0.3, 0.4) is 0 Å². The molecule has 0 radical (unpaired) electrons. The Morgan fingerprint density at radius 1 is 1.50 bits per heavy atom. The lowest BCUT2D eigenvalue weighted by Gasteiger charge is -2.02. The van der Waals surface area contributed by atoms with Crippen LogP contribution < -0.4 is 11.1 Å². The average Bonchev–Trinajstić information content (AvgIpc) is 2.05. The smallest absolute Gasteiger partial charge is 0.305 e. The lowest BCUT2D eigenvalue weighted by molar-refractivity contribution is -0.143. The molecule has 0 aromatic rings. The third kappa shape index (κ3) is 7.50. The van der Waals surface area contributed by atoms with Gasteiger partial charge < -0.3 is 15.8 Å². The monoisotopic (exact) mass is 174 g/mol. The minimum atomic E-state index is -0.118. The Morgan fingerprint density at radius 3 is 2.83 bits per heavy atom. The van der Waals surface area contributed by atoms with Gasteiger partial charge in [-0.05, 0) is 19.9 Å². The van der Waals surface area contributed by atoms with E-state index in [1.807, 2.05) is 6.92 Å². The molecule has 0 bridgehead atoms. The maximum absolute atomic E-state index is 10.8. The van der Waals surface area contributed by atoms with Crippen LogP contribution in [-0.2, 0) is 9.53 Å². The van der Waals surface area contributed by atoms with Crippen molar-refractivity contribution >= 4 is 5.97 Å². The van der Waals surface area contributed by atoms with Crippen molar-refractivity contribution in [2.24, 2.45) is 5.73 Å². The molecule has 0 heterocycles. The van der Waals surface area contributed by atoms with Crippen molar-refractivity contribution in [3.05, 3.63) is 0 Å². The minimum absolute atomic E-state index is 0.118. The predicted octanol–water partition coefficient (Wildman–Crippen LogP) is -0.122. The fourth-order valence-electron chi connectivity index (χ4n) is 0.818. The fraction of sp³-hybridized carbons (Fsp3) is 0.875. The largest absolute Gasteiger partial charge is 0.466 e. The van der Waals surface area contributed by atoms with Crippen molar-refractivity contribution in [2.75, 3.05) is 26.2 Å². The van der Waals surface area contributed by atoms with Crippen LogP contribution in [0.5, 0.6) is 0 Å². The summed E-state index contributed by atoms with van der Waals surface area (Å²) in [5.41, 5.74) is 5.26. The minimum Gasteiger partial charge on any atom is -0.466 e. The molecule has 0 aromatic carbocycles. The summed E-state index contributed by atoms with van der Waals surface area (Å²) < 4.78 is 4.76. The second-order valence-electron chi connectivity index (χ2n) is 2.45. The Hall–Kier alpha value is -0.610. The molecule has 0 aliphatic heterocycles. The van der Waals surface area contributed by atoms with Crippen LogP contribution in [0.1, 0.15) is 19.8 Å². The molecule has 0 amide bonds. The Balaban J connectivity index is 3.03. The molecular formula is C8H18N2O2. The summed E-state index contributed by atoms with van der Waals surface area (Å²) in [6.07, 6.45) is 1.31. The van der Waals surface area contributed by atoms with Crippen LogP contribution in [0.2, 0.25) is 0 Å². The molecule has 12 heavy (non-hydrogen) atoms. The van der Waals surface area contributed by atoms with Crippen molar-refractivity contribution in [1.82, 2.24) is 5.32 Å². The molecule has 0 saturated carbocycles. The first kappa shape index (κ1) is 11.4. The first-order chi connectivity index (χ1) is 5.81. The highest BCUT2D eigenvalue weighted by atomic mass is 16.5. The number of nitrogens with one attached hydrogen (secondary N) is 1. The summed E-state index contributed by atoms with van der Waals surface area (Å²) >= 11 is 0. The maximum Gasteiger partial charge on any atom is 0.305 e. The van der Waals surface area contributed by atoms with Crippen LogP contribution in [0, 0.1) is 0 Å². The molecule has 0 aliphatic carbocycles. The van der Waals surface area contributed by atoms with Gasteiger partial charge in [-0.3, -0.25) is 4.79 Å². The van der Waals surface area contributed by atoms with Crippen LogP contribution in [0.25, 0.3) is 0 Å². The third-order valence-electron chi connectivity index (χ3n) is 1.36. The molecule has 3 N–H and O–H groups in total. The van der Waals surface area contributed by atoms with E-state index in [2.05, 4.69) is 5.32 Å². The van der Waals surface area contributed by atoms with Crippen LogP contribution in [0.15, 0.2) is 0 Å². The van der Waals surface area contributed by atoms with E-state index in [-0.39, 0.29) is 5.97 Å². The topological polar surface area (TPSA) is 64.3 Å².